The molecule has 9 rings (SSSR count). The van der Waals surface area contributed by atoms with Gasteiger partial charge in [0.2, 0.25) is 0 Å². The normalized spacial score (nSPS) is 11.3. The molecule has 9 aromatic rings. The fraction of sp³-hybridized carbons (Fsp3) is 0. The van der Waals surface area contributed by atoms with Crippen LogP contribution >= 0.6 is 0 Å². The molecule has 9 aromatic carbocycles. The molecule has 0 saturated heterocycles. The van der Waals surface area contributed by atoms with Gasteiger partial charge in [-0.3, -0.25) is 0 Å². The van der Waals surface area contributed by atoms with Crippen molar-refractivity contribution in [3.05, 3.63) is 200 Å². The molecule has 0 aliphatic heterocycles. The topological polar surface area (TPSA) is 3.24 Å². The van der Waals surface area contributed by atoms with Gasteiger partial charge in [-0.2, -0.15) is 0 Å². The maximum atomic E-state index is 2.33. The lowest BCUT2D eigenvalue weighted by Gasteiger charge is -2.26. The zero-order chi connectivity index (χ0) is 32.6. The van der Waals surface area contributed by atoms with Crippen LogP contribution in [0.5, 0.6) is 0 Å². The molecule has 0 heterocycles. The number of anilines is 3. The first-order chi connectivity index (χ1) is 24.3. The van der Waals surface area contributed by atoms with Gasteiger partial charge >= 0.3 is 0 Å². The van der Waals surface area contributed by atoms with E-state index in [4.69, 9.17) is 0 Å². The van der Waals surface area contributed by atoms with Gasteiger partial charge in [0.05, 0.1) is 0 Å². The summed E-state index contributed by atoms with van der Waals surface area (Å²) in [5, 5.41) is 7.65. The van der Waals surface area contributed by atoms with E-state index >= 15 is 0 Å². The molecule has 0 saturated carbocycles. The van der Waals surface area contributed by atoms with Gasteiger partial charge in [0.1, 0.15) is 0 Å². The Morgan fingerprint density at radius 3 is 1.47 bits per heavy atom. The first-order valence-corrected chi connectivity index (χ1v) is 16.8. The van der Waals surface area contributed by atoms with Gasteiger partial charge < -0.3 is 4.90 Å². The largest absolute Gasteiger partial charge is 0.311 e. The van der Waals surface area contributed by atoms with Gasteiger partial charge in [0, 0.05) is 17.1 Å². The lowest BCUT2D eigenvalue weighted by Crippen LogP contribution is -2.09. The van der Waals surface area contributed by atoms with Crippen LogP contribution in [0.3, 0.4) is 0 Å². The van der Waals surface area contributed by atoms with Crippen LogP contribution in [0.25, 0.3) is 65.7 Å². The number of hydrogen-bond donors (Lipinski definition) is 0. The highest BCUT2D eigenvalue weighted by molar-refractivity contribution is 6.08. The number of hydrogen-bond acceptors (Lipinski definition) is 1. The molecule has 1 nitrogen and oxygen atoms in total. The van der Waals surface area contributed by atoms with E-state index in [0.717, 1.165) is 17.1 Å². The molecule has 0 atom stereocenters. The molecular formula is C48H33N. The third-order valence-electron chi connectivity index (χ3n) is 9.64. The monoisotopic (exact) mass is 623 g/mol. The molecule has 0 unspecified atom stereocenters. The number of nitrogens with zero attached hydrogens (tertiary/aromatic N) is 1. The quantitative estimate of drug-likeness (QED) is 0.167. The van der Waals surface area contributed by atoms with Crippen LogP contribution in [0.15, 0.2) is 200 Å². The van der Waals surface area contributed by atoms with Crippen molar-refractivity contribution in [3.8, 4) is 33.4 Å². The standard InChI is InChI=1S/C48H33N/c1-2-15-42(16-3-1)49(44-29-24-35(25-30-44)39-26-31-48-41(33-39)21-20-37-11-5-7-18-46(37)48)43-27-22-34(23-28-43)38-13-8-14-40(32-38)47-19-9-12-36-10-4-6-17-45(36)47/h1-33H. The minimum absolute atomic E-state index is 1.12. The Kier molecular flexibility index (Phi) is 7.22. The molecule has 49 heavy (non-hydrogen) atoms. The summed E-state index contributed by atoms with van der Waals surface area (Å²) in [6.07, 6.45) is 0. The van der Waals surface area contributed by atoms with Gasteiger partial charge in [-0.1, -0.05) is 152 Å². The first-order valence-electron chi connectivity index (χ1n) is 16.8. The van der Waals surface area contributed by atoms with Crippen LogP contribution in [-0.4, -0.2) is 0 Å². The summed E-state index contributed by atoms with van der Waals surface area (Å²) in [5.41, 5.74) is 10.7. The van der Waals surface area contributed by atoms with E-state index in [9.17, 15) is 0 Å². The van der Waals surface area contributed by atoms with Gasteiger partial charge in [-0.15, -0.1) is 0 Å². The molecule has 0 bridgehead atoms. The smallest absolute Gasteiger partial charge is 0.0462 e. The molecule has 0 fully saturated rings. The van der Waals surface area contributed by atoms with Crippen molar-refractivity contribution >= 4 is 49.4 Å². The fourth-order valence-corrected chi connectivity index (χ4v) is 7.17. The second-order valence-electron chi connectivity index (χ2n) is 12.6. The third-order valence-corrected chi connectivity index (χ3v) is 9.64. The van der Waals surface area contributed by atoms with Gasteiger partial charge in [0.25, 0.3) is 0 Å². The van der Waals surface area contributed by atoms with E-state index in [-0.39, 0.29) is 0 Å². The van der Waals surface area contributed by atoms with Gasteiger partial charge in [-0.05, 0) is 114 Å². The molecule has 230 valence electrons. The van der Waals surface area contributed by atoms with Crippen molar-refractivity contribution in [3.63, 3.8) is 0 Å². The van der Waals surface area contributed by atoms with E-state index in [2.05, 4.69) is 205 Å². The zero-order valence-corrected chi connectivity index (χ0v) is 27.0. The SMILES string of the molecule is c1ccc(N(c2ccc(-c3cccc(-c4cccc5ccccc45)c3)cc2)c2ccc(-c3ccc4c(ccc5ccccc54)c3)cc2)cc1. The fourth-order valence-electron chi connectivity index (χ4n) is 7.17. The van der Waals surface area contributed by atoms with Crippen molar-refractivity contribution in [2.75, 3.05) is 4.90 Å². The Bertz CT molecular complexity index is 2580. The molecule has 1 heteroatoms. The Morgan fingerprint density at radius 2 is 0.735 bits per heavy atom. The van der Waals surface area contributed by atoms with E-state index in [1.807, 2.05) is 0 Å². The number of rotatable bonds is 6. The maximum absolute atomic E-state index is 2.33. The van der Waals surface area contributed by atoms with Crippen molar-refractivity contribution in [1.82, 2.24) is 0 Å². The van der Waals surface area contributed by atoms with E-state index < -0.39 is 0 Å². The predicted molar refractivity (Wildman–Crippen MR) is 210 cm³/mol. The molecule has 0 aliphatic carbocycles. The lowest BCUT2D eigenvalue weighted by molar-refractivity contribution is 1.28. The van der Waals surface area contributed by atoms with Crippen LogP contribution in [0.4, 0.5) is 17.1 Å². The molecular weight excluding hydrogens is 591 g/mol. The third kappa shape index (κ3) is 5.42. The average molecular weight is 624 g/mol. The highest BCUT2D eigenvalue weighted by Gasteiger charge is 2.14. The second-order valence-corrected chi connectivity index (χ2v) is 12.6. The molecule has 0 spiro atoms. The van der Waals surface area contributed by atoms with Gasteiger partial charge in [0.15, 0.2) is 0 Å². The molecule has 0 N–H and O–H groups in total. The Labute approximate surface area is 287 Å². The van der Waals surface area contributed by atoms with Crippen LogP contribution < -0.4 is 4.90 Å². The van der Waals surface area contributed by atoms with Gasteiger partial charge in [-0.25, -0.2) is 0 Å². The van der Waals surface area contributed by atoms with E-state index in [1.54, 1.807) is 0 Å². The summed E-state index contributed by atoms with van der Waals surface area (Å²) in [6, 6.07) is 72.4. The highest BCUT2D eigenvalue weighted by atomic mass is 15.1. The Hall–Kier alpha value is -6.44. The summed E-state index contributed by atoms with van der Waals surface area (Å²) < 4.78 is 0. The Morgan fingerprint density at radius 1 is 0.245 bits per heavy atom. The second kappa shape index (κ2) is 12.3. The van der Waals surface area contributed by atoms with Crippen LogP contribution in [0, 0.1) is 0 Å². The van der Waals surface area contributed by atoms with E-state index in [0.29, 0.717) is 0 Å². The molecule has 0 radical (unpaired) electrons. The minimum Gasteiger partial charge on any atom is -0.311 e. The average Bonchev–Trinajstić information content (AvgIpc) is 3.18. The van der Waals surface area contributed by atoms with Crippen molar-refractivity contribution in [1.29, 1.82) is 0 Å². The Balaban J connectivity index is 1.04. The van der Waals surface area contributed by atoms with Crippen LogP contribution in [-0.2, 0) is 0 Å². The number of fused-ring (bicyclic) bond motifs is 4. The summed E-state index contributed by atoms with van der Waals surface area (Å²) in [5.74, 6) is 0. The molecule has 0 aromatic heterocycles. The van der Waals surface area contributed by atoms with Crippen molar-refractivity contribution in [2.24, 2.45) is 0 Å². The summed E-state index contributed by atoms with van der Waals surface area (Å²) in [6.45, 7) is 0. The lowest BCUT2D eigenvalue weighted by atomic mass is 9.95. The van der Waals surface area contributed by atoms with Crippen molar-refractivity contribution in [2.45, 2.75) is 0 Å². The summed E-state index contributed by atoms with van der Waals surface area (Å²) in [7, 11) is 0. The predicted octanol–water partition coefficient (Wildman–Crippen LogP) is 13.6. The molecule has 0 amide bonds. The minimum atomic E-state index is 1.12. The molecule has 0 aliphatic rings. The highest BCUT2D eigenvalue weighted by Crippen LogP contribution is 2.38. The van der Waals surface area contributed by atoms with Crippen LogP contribution in [0.1, 0.15) is 0 Å². The number of para-hydroxylation sites is 1. The zero-order valence-electron chi connectivity index (χ0n) is 27.0. The first kappa shape index (κ1) is 28.8. The van der Waals surface area contributed by atoms with E-state index in [1.165, 1.54) is 65.7 Å². The number of benzene rings is 9. The maximum Gasteiger partial charge on any atom is 0.0462 e. The summed E-state index contributed by atoms with van der Waals surface area (Å²) >= 11 is 0. The summed E-state index contributed by atoms with van der Waals surface area (Å²) in [4.78, 5) is 2.33. The van der Waals surface area contributed by atoms with Crippen LogP contribution in [0.2, 0.25) is 0 Å². The van der Waals surface area contributed by atoms with Crippen molar-refractivity contribution < 1.29 is 0 Å².